The van der Waals surface area contributed by atoms with Crippen LogP contribution in [0.5, 0.6) is 0 Å². The molecule has 3 nitrogen and oxygen atoms in total. The van der Waals surface area contributed by atoms with Crippen molar-refractivity contribution < 1.29 is 0 Å². The maximum Gasteiger partial charge on any atom is 0.0628 e. The van der Waals surface area contributed by atoms with Gasteiger partial charge in [-0.05, 0) is 51.1 Å². The van der Waals surface area contributed by atoms with Gasteiger partial charge in [0.05, 0.1) is 5.69 Å². The second-order valence-corrected chi connectivity index (χ2v) is 5.95. The van der Waals surface area contributed by atoms with Crippen LogP contribution in [0.3, 0.4) is 0 Å². The van der Waals surface area contributed by atoms with E-state index in [4.69, 9.17) is 0 Å². The molecule has 1 heterocycles. The van der Waals surface area contributed by atoms with E-state index < -0.39 is 0 Å². The van der Waals surface area contributed by atoms with Gasteiger partial charge in [0, 0.05) is 18.8 Å². The van der Waals surface area contributed by atoms with Crippen molar-refractivity contribution in [2.75, 3.05) is 6.54 Å². The number of aryl methyl sites for hydroxylation is 2. The molecule has 20 heavy (non-hydrogen) atoms. The molecule has 3 heteroatoms. The molecule has 0 aliphatic carbocycles. The molecule has 1 N–H and O–H groups in total. The third-order valence-corrected chi connectivity index (χ3v) is 4.64. The van der Waals surface area contributed by atoms with Crippen LogP contribution in [0.2, 0.25) is 0 Å². The van der Waals surface area contributed by atoms with Crippen LogP contribution >= 0.6 is 0 Å². The molecule has 0 fully saturated rings. The summed E-state index contributed by atoms with van der Waals surface area (Å²) in [5.41, 5.74) is 3.96. The van der Waals surface area contributed by atoms with E-state index in [1.807, 2.05) is 11.7 Å². The Kier molecular flexibility index (Phi) is 7.28. The van der Waals surface area contributed by atoms with Crippen molar-refractivity contribution in [3.63, 3.8) is 0 Å². The smallest absolute Gasteiger partial charge is 0.0628 e. The lowest BCUT2D eigenvalue weighted by atomic mass is 9.89. The second kappa shape index (κ2) is 8.46. The molecule has 0 spiro atoms. The van der Waals surface area contributed by atoms with Crippen molar-refractivity contribution in [1.29, 1.82) is 0 Å². The largest absolute Gasteiger partial charge is 0.314 e. The van der Waals surface area contributed by atoms with Gasteiger partial charge in [0.15, 0.2) is 0 Å². The summed E-state index contributed by atoms with van der Waals surface area (Å²) in [6.07, 6.45) is 6.11. The summed E-state index contributed by atoms with van der Waals surface area (Å²) in [5, 5.41) is 8.29. The van der Waals surface area contributed by atoms with Crippen molar-refractivity contribution in [2.24, 2.45) is 13.0 Å². The quantitative estimate of drug-likeness (QED) is 0.745. The third kappa shape index (κ3) is 4.34. The van der Waals surface area contributed by atoms with Gasteiger partial charge in [-0.2, -0.15) is 5.10 Å². The monoisotopic (exact) mass is 279 g/mol. The van der Waals surface area contributed by atoms with Crippen LogP contribution in [0.25, 0.3) is 0 Å². The highest BCUT2D eigenvalue weighted by atomic mass is 15.3. The van der Waals surface area contributed by atoms with Gasteiger partial charge in [0.25, 0.3) is 0 Å². The van der Waals surface area contributed by atoms with Crippen LogP contribution in [0, 0.1) is 19.8 Å². The fraction of sp³-hybridized carbons (Fsp3) is 0.824. The fourth-order valence-corrected chi connectivity index (χ4v) is 3.17. The molecular formula is C17H33N3. The van der Waals surface area contributed by atoms with Gasteiger partial charge >= 0.3 is 0 Å². The topological polar surface area (TPSA) is 29.9 Å². The molecule has 0 bridgehead atoms. The van der Waals surface area contributed by atoms with Crippen LogP contribution < -0.4 is 5.32 Å². The summed E-state index contributed by atoms with van der Waals surface area (Å²) in [6, 6.07) is 0.643. The van der Waals surface area contributed by atoms with E-state index in [1.54, 1.807) is 0 Å². The molecule has 0 radical (unpaired) electrons. The van der Waals surface area contributed by atoms with Crippen molar-refractivity contribution >= 4 is 0 Å². The minimum atomic E-state index is 0.643. The first-order valence-electron chi connectivity index (χ1n) is 8.27. The summed E-state index contributed by atoms with van der Waals surface area (Å²) in [4.78, 5) is 0. The molecule has 1 atom stereocenters. The van der Waals surface area contributed by atoms with Crippen LogP contribution in [0.15, 0.2) is 0 Å². The summed E-state index contributed by atoms with van der Waals surface area (Å²) >= 11 is 0. The lowest BCUT2D eigenvalue weighted by Crippen LogP contribution is -2.36. The Labute approximate surface area is 125 Å². The number of nitrogens with one attached hydrogen (secondary N) is 1. The molecular weight excluding hydrogens is 246 g/mol. The zero-order chi connectivity index (χ0) is 15.1. The van der Waals surface area contributed by atoms with E-state index in [0.29, 0.717) is 6.04 Å². The Morgan fingerprint density at radius 3 is 2.25 bits per heavy atom. The molecule has 1 unspecified atom stereocenters. The summed E-state index contributed by atoms with van der Waals surface area (Å²) in [6.45, 7) is 12.3. The fourth-order valence-electron chi connectivity index (χ4n) is 3.17. The highest BCUT2D eigenvalue weighted by Crippen LogP contribution is 2.21. The number of hydrogen-bond donors (Lipinski definition) is 1. The van der Waals surface area contributed by atoms with Crippen molar-refractivity contribution in [3.05, 3.63) is 17.0 Å². The number of aromatic nitrogens is 2. The minimum absolute atomic E-state index is 0.643. The SMILES string of the molecule is CCCNC(CCc1c(C)nn(C)c1C)C(CC)CC. The predicted molar refractivity (Wildman–Crippen MR) is 87.2 cm³/mol. The van der Waals surface area contributed by atoms with Gasteiger partial charge in [0.2, 0.25) is 0 Å². The zero-order valence-corrected chi connectivity index (χ0v) is 14.3. The Hall–Kier alpha value is -0.830. The maximum absolute atomic E-state index is 4.53. The van der Waals surface area contributed by atoms with Crippen LogP contribution in [0.4, 0.5) is 0 Å². The Bertz CT molecular complexity index is 391. The third-order valence-electron chi connectivity index (χ3n) is 4.64. The van der Waals surface area contributed by atoms with E-state index in [1.165, 1.54) is 42.6 Å². The number of rotatable bonds is 9. The average molecular weight is 279 g/mol. The van der Waals surface area contributed by atoms with Gasteiger partial charge in [-0.3, -0.25) is 4.68 Å². The molecule has 1 rings (SSSR count). The molecule has 116 valence electrons. The maximum atomic E-state index is 4.53. The van der Waals surface area contributed by atoms with Crippen LogP contribution in [-0.4, -0.2) is 22.4 Å². The van der Waals surface area contributed by atoms with Crippen LogP contribution in [0.1, 0.15) is 63.4 Å². The van der Waals surface area contributed by atoms with Crippen molar-refractivity contribution in [2.45, 2.75) is 72.8 Å². The van der Waals surface area contributed by atoms with Gasteiger partial charge in [-0.1, -0.05) is 33.6 Å². The Morgan fingerprint density at radius 2 is 1.80 bits per heavy atom. The second-order valence-electron chi connectivity index (χ2n) is 5.95. The zero-order valence-electron chi connectivity index (χ0n) is 14.3. The Balaban J connectivity index is 2.69. The summed E-state index contributed by atoms with van der Waals surface area (Å²) < 4.78 is 2.01. The predicted octanol–water partition coefficient (Wildman–Crippen LogP) is 3.77. The number of hydrogen-bond acceptors (Lipinski definition) is 2. The van der Waals surface area contributed by atoms with E-state index in [0.717, 1.165) is 18.9 Å². The molecule has 0 saturated heterocycles. The average Bonchev–Trinajstić information content (AvgIpc) is 2.67. The molecule has 1 aromatic rings. The van der Waals surface area contributed by atoms with E-state index in [2.05, 4.69) is 45.0 Å². The number of nitrogens with zero attached hydrogens (tertiary/aromatic N) is 2. The van der Waals surface area contributed by atoms with Crippen molar-refractivity contribution in [1.82, 2.24) is 15.1 Å². The Morgan fingerprint density at radius 1 is 1.15 bits per heavy atom. The van der Waals surface area contributed by atoms with Gasteiger partial charge in [-0.15, -0.1) is 0 Å². The normalized spacial score (nSPS) is 13.2. The van der Waals surface area contributed by atoms with Gasteiger partial charge < -0.3 is 5.32 Å². The lowest BCUT2D eigenvalue weighted by Gasteiger charge is -2.26. The molecule has 0 saturated carbocycles. The molecule has 1 aromatic heterocycles. The van der Waals surface area contributed by atoms with E-state index in [-0.39, 0.29) is 0 Å². The van der Waals surface area contributed by atoms with Gasteiger partial charge in [-0.25, -0.2) is 0 Å². The molecule has 0 aromatic carbocycles. The first-order valence-corrected chi connectivity index (χ1v) is 8.27. The van der Waals surface area contributed by atoms with Crippen molar-refractivity contribution in [3.8, 4) is 0 Å². The highest BCUT2D eigenvalue weighted by molar-refractivity contribution is 5.24. The summed E-state index contributed by atoms with van der Waals surface area (Å²) in [7, 11) is 2.04. The lowest BCUT2D eigenvalue weighted by molar-refractivity contribution is 0.318. The molecule has 0 aliphatic heterocycles. The minimum Gasteiger partial charge on any atom is -0.314 e. The standard InChI is InChI=1S/C17H33N3/c1-7-12-18-17(15(8-2)9-3)11-10-16-13(4)19-20(6)14(16)5/h15,17-18H,7-12H2,1-6H3. The molecule has 0 amide bonds. The first kappa shape index (κ1) is 17.2. The molecule has 0 aliphatic rings. The highest BCUT2D eigenvalue weighted by Gasteiger charge is 2.19. The van der Waals surface area contributed by atoms with Gasteiger partial charge in [0.1, 0.15) is 0 Å². The van der Waals surface area contributed by atoms with E-state index >= 15 is 0 Å². The van der Waals surface area contributed by atoms with E-state index in [9.17, 15) is 0 Å². The van der Waals surface area contributed by atoms with Crippen LogP contribution in [-0.2, 0) is 13.5 Å². The summed E-state index contributed by atoms with van der Waals surface area (Å²) in [5.74, 6) is 0.791. The first-order chi connectivity index (χ1) is 9.54.